The van der Waals surface area contributed by atoms with E-state index in [0.717, 1.165) is 16.4 Å². The lowest BCUT2D eigenvalue weighted by Crippen LogP contribution is -2.46. The van der Waals surface area contributed by atoms with E-state index in [0.29, 0.717) is 13.1 Å². The minimum Gasteiger partial charge on any atom is -0.505 e. The molecule has 0 saturated carbocycles. The maximum Gasteiger partial charge on any atom is 0.249 e. The quantitative estimate of drug-likeness (QED) is 0.814. The van der Waals surface area contributed by atoms with Crippen molar-refractivity contribution in [3.8, 4) is 5.75 Å². The smallest absolute Gasteiger partial charge is 0.249 e. The van der Waals surface area contributed by atoms with Crippen molar-refractivity contribution in [3.05, 3.63) is 23.8 Å². The fourth-order valence-corrected chi connectivity index (χ4v) is 3.34. The Bertz CT molecular complexity index is 556. The Morgan fingerprint density at radius 1 is 1.22 bits per heavy atom. The van der Waals surface area contributed by atoms with Crippen molar-refractivity contribution < 1.29 is 22.3 Å². The lowest BCUT2D eigenvalue weighted by Gasteiger charge is -2.26. The van der Waals surface area contributed by atoms with Crippen LogP contribution in [0.2, 0.25) is 0 Å². The SMILES string of the molecule is O=S(=O)(c1c(F)ccc(O)c1F)N1CCNCC1. The van der Waals surface area contributed by atoms with E-state index in [-0.39, 0.29) is 13.1 Å². The van der Waals surface area contributed by atoms with Gasteiger partial charge in [-0.3, -0.25) is 0 Å². The van der Waals surface area contributed by atoms with Crippen LogP contribution in [0.3, 0.4) is 0 Å². The fourth-order valence-electron chi connectivity index (χ4n) is 1.77. The van der Waals surface area contributed by atoms with Gasteiger partial charge in [0.15, 0.2) is 16.5 Å². The molecule has 0 aromatic heterocycles. The first-order valence-corrected chi connectivity index (χ1v) is 6.76. The molecule has 1 fully saturated rings. The highest BCUT2D eigenvalue weighted by molar-refractivity contribution is 7.89. The van der Waals surface area contributed by atoms with Crippen LogP contribution in [0.5, 0.6) is 5.75 Å². The maximum absolute atomic E-state index is 13.6. The Morgan fingerprint density at radius 2 is 1.83 bits per heavy atom. The lowest BCUT2D eigenvalue weighted by molar-refractivity contribution is 0.352. The number of hydrogen-bond donors (Lipinski definition) is 2. The predicted octanol–water partition coefficient (Wildman–Crippen LogP) is 0.264. The summed E-state index contributed by atoms with van der Waals surface area (Å²) in [5.74, 6) is -3.54. The van der Waals surface area contributed by atoms with E-state index in [1.807, 2.05) is 0 Å². The van der Waals surface area contributed by atoms with E-state index < -0.39 is 32.3 Å². The summed E-state index contributed by atoms with van der Waals surface area (Å²) in [6, 6.07) is 1.51. The molecule has 100 valence electrons. The first kappa shape index (κ1) is 13.2. The average molecular weight is 278 g/mol. The molecule has 0 atom stereocenters. The van der Waals surface area contributed by atoms with Gasteiger partial charge in [0, 0.05) is 26.2 Å². The van der Waals surface area contributed by atoms with Crippen LogP contribution in [0.1, 0.15) is 0 Å². The van der Waals surface area contributed by atoms with E-state index in [1.54, 1.807) is 0 Å². The van der Waals surface area contributed by atoms with E-state index >= 15 is 0 Å². The van der Waals surface area contributed by atoms with Crippen molar-refractivity contribution in [2.24, 2.45) is 0 Å². The van der Waals surface area contributed by atoms with Gasteiger partial charge in [-0.05, 0) is 12.1 Å². The molecular formula is C10H12F2N2O3S. The number of nitrogens with one attached hydrogen (secondary N) is 1. The number of benzene rings is 1. The van der Waals surface area contributed by atoms with Crippen molar-refractivity contribution in [2.75, 3.05) is 26.2 Å². The summed E-state index contributed by atoms with van der Waals surface area (Å²) >= 11 is 0. The molecule has 0 unspecified atom stereocenters. The Morgan fingerprint density at radius 3 is 2.44 bits per heavy atom. The first-order chi connectivity index (χ1) is 8.44. The second-order valence-corrected chi connectivity index (χ2v) is 5.74. The Balaban J connectivity index is 2.50. The number of phenolic OH excluding ortho intramolecular Hbond substituents is 1. The molecule has 8 heteroatoms. The van der Waals surface area contributed by atoms with Gasteiger partial charge < -0.3 is 10.4 Å². The van der Waals surface area contributed by atoms with Crippen LogP contribution in [0, 0.1) is 11.6 Å². The van der Waals surface area contributed by atoms with Crippen LogP contribution >= 0.6 is 0 Å². The summed E-state index contributed by atoms with van der Waals surface area (Å²) in [6.07, 6.45) is 0. The molecule has 1 aliphatic heterocycles. The summed E-state index contributed by atoms with van der Waals surface area (Å²) in [5.41, 5.74) is 0. The van der Waals surface area contributed by atoms with Crippen molar-refractivity contribution in [2.45, 2.75) is 4.90 Å². The molecule has 0 aliphatic carbocycles. The molecule has 0 radical (unpaired) electrons. The van der Waals surface area contributed by atoms with Crippen LogP contribution in [0.4, 0.5) is 8.78 Å². The van der Waals surface area contributed by atoms with Crippen LogP contribution < -0.4 is 5.32 Å². The summed E-state index contributed by atoms with van der Waals surface area (Å²) in [5, 5.41) is 12.1. The number of hydrogen-bond acceptors (Lipinski definition) is 4. The lowest BCUT2D eigenvalue weighted by atomic mass is 10.3. The molecule has 2 N–H and O–H groups in total. The third kappa shape index (κ3) is 2.18. The van der Waals surface area contributed by atoms with Gasteiger partial charge in [0.05, 0.1) is 0 Å². The van der Waals surface area contributed by atoms with Gasteiger partial charge in [0.1, 0.15) is 5.82 Å². The number of aromatic hydroxyl groups is 1. The van der Waals surface area contributed by atoms with E-state index in [4.69, 9.17) is 5.11 Å². The number of phenols is 1. The summed E-state index contributed by atoms with van der Waals surface area (Å²) in [4.78, 5) is -1.09. The Kier molecular flexibility index (Phi) is 3.51. The molecule has 2 rings (SSSR count). The molecule has 0 amide bonds. The number of piperazine rings is 1. The zero-order chi connectivity index (χ0) is 13.3. The minimum atomic E-state index is -4.26. The molecule has 1 aliphatic rings. The predicted molar refractivity (Wildman–Crippen MR) is 59.7 cm³/mol. The fraction of sp³-hybridized carbons (Fsp3) is 0.400. The molecule has 18 heavy (non-hydrogen) atoms. The first-order valence-electron chi connectivity index (χ1n) is 5.32. The van der Waals surface area contributed by atoms with Crippen molar-refractivity contribution >= 4 is 10.0 Å². The number of halogens is 2. The second-order valence-electron chi connectivity index (χ2n) is 3.86. The molecule has 0 bridgehead atoms. The number of rotatable bonds is 2. The maximum atomic E-state index is 13.6. The zero-order valence-electron chi connectivity index (χ0n) is 9.36. The Labute approximate surface area is 103 Å². The largest absolute Gasteiger partial charge is 0.505 e. The highest BCUT2D eigenvalue weighted by Gasteiger charge is 2.32. The summed E-state index contributed by atoms with van der Waals surface area (Å²) in [6.45, 7) is 1.11. The van der Waals surface area contributed by atoms with Crippen LogP contribution in [0.15, 0.2) is 17.0 Å². The summed E-state index contributed by atoms with van der Waals surface area (Å²) < 4.78 is 52.3. The van der Waals surface area contributed by atoms with Gasteiger partial charge in [-0.1, -0.05) is 0 Å². The van der Waals surface area contributed by atoms with Gasteiger partial charge in [-0.15, -0.1) is 0 Å². The minimum absolute atomic E-state index is 0.136. The van der Waals surface area contributed by atoms with Crippen molar-refractivity contribution in [3.63, 3.8) is 0 Å². The highest BCUT2D eigenvalue weighted by Crippen LogP contribution is 2.28. The van der Waals surface area contributed by atoms with E-state index in [1.165, 1.54) is 0 Å². The monoisotopic (exact) mass is 278 g/mol. The van der Waals surface area contributed by atoms with E-state index in [2.05, 4.69) is 5.32 Å². The van der Waals surface area contributed by atoms with Gasteiger partial charge in [-0.25, -0.2) is 17.2 Å². The molecule has 1 saturated heterocycles. The average Bonchev–Trinajstić information content (AvgIpc) is 2.35. The zero-order valence-corrected chi connectivity index (χ0v) is 10.2. The van der Waals surface area contributed by atoms with Crippen molar-refractivity contribution in [1.82, 2.24) is 9.62 Å². The van der Waals surface area contributed by atoms with E-state index in [9.17, 15) is 17.2 Å². The number of sulfonamides is 1. The van der Waals surface area contributed by atoms with Crippen LogP contribution in [-0.2, 0) is 10.0 Å². The topological polar surface area (TPSA) is 69.6 Å². The molecular weight excluding hydrogens is 266 g/mol. The molecule has 0 spiro atoms. The third-order valence-electron chi connectivity index (χ3n) is 2.70. The number of nitrogens with zero attached hydrogens (tertiary/aromatic N) is 1. The molecule has 1 aromatic carbocycles. The molecule has 1 aromatic rings. The van der Waals surface area contributed by atoms with Crippen molar-refractivity contribution in [1.29, 1.82) is 0 Å². The van der Waals surface area contributed by atoms with Crippen LogP contribution in [-0.4, -0.2) is 44.0 Å². The van der Waals surface area contributed by atoms with Gasteiger partial charge in [0.25, 0.3) is 0 Å². The van der Waals surface area contributed by atoms with Gasteiger partial charge >= 0.3 is 0 Å². The Hall–Kier alpha value is -1.25. The molecule has 1 heterocycles. The van der Waals surface area contributed by atoms with Gasteiger partial charge in [0.2, 0.25) is 10.0 Å². The third-order valence-corrected chi connectivity index (χ3v) is 4.64. The van der Waals surface area contributed by atoms with Crippen LogP contribution in [0.25, 0.3) is 0 Å². The van der Waals surface area contributed by atoms with Gasteiger partial charge in [-0.2, -0.15) is 4.31 Å². The summed E-state index contributed by atoms with van der Waals surface area (Å²) in [7, 11) is -4.26. The molecule has 5 nitrogen and oxygen atoms in total. The standard InChI is InChI=1S/C10H12F2N2O3S/c11-7-1-2-8(15)9(12)10(7)18(16,17)14-5-3-13-4-6-14/h1-2,13,15H,3-6H2. The second kappa shape index (κ2) is 4.79. The normalized spacial score (nSPS) is 17.9. The highest BCUT2D eigenvalue weighted by atomic mass is 32.2.